The minimum absolute atomic E-state index is 0.0631. The molecule has 1 heterocycles. The lowest BCUT2D eigenvalue weighted by Crippen LogP contribution is -2.30. The van der Waals surface area contributed by atoms with Gasteiger partial charge in [0, 0.05) is 18.7 Å². The normalized spacial score (nSPS) is 16.4. The molecule has 0 spiro atoms. The van der Waals surface area contributed by atoms with Crippen molar-refractivity contribution in [1.29, 1.82) is 0 Å². The van der Waals surface area contributed by atoms with Crippen molar-refractivity contribution >= 4 is 11.9 Å². The SMILES string of the molecule is O=C(O)c1ccnc(C(=O)NCC2CCCc3ccccc32)c1. The smallest absolute Gasteiger partial charge is 0.335 e. The van der Waals surface area contributed by atoms with E-state index in [1.165, 1.54) is 29.5 Å². The van der Waals surface area contributed by atoms with Crippen molar-refractivity contribution in [2.24, 2.45) is 0 Å². The third kappa shape index (κ3) is 3.39. The Kier molecular flexibility index (Phi) is 4.37. The molecule has 1 aromatic heterocycles. The van der Waals surface area contributed by atoms with Gasteiger partial charge in [0.15, 0.2) is 0 Å². The fourth-order valence-electron chi connectivity index (χ4n) is 3.06. The third-order valence-corrected chi connectivity index (χ3v) is 4.24. The molecule has 0 radical (unpaired) electrons. The molecule has 0 bridgehead atoms. The van der Waals surface area contributed by atoms with Crippen LogP contribution in [0.5, 0.6) is 0 Å². The lowest BCUT2D eigenvalue weighted by atomic mass is 9.83. The van der Waals surface area contributed by atoms with Crippen LogP contribution < -0.4 is 5.32 Å². The average molecular weight is 310 g/mol. The highest BCUT2D eigenvalue weighted by molar-refractivity contribution is 5.95. The van der Waals surface area contributed by atoms with E-state index in [1.807, 2.05) is 12.1 Å². The van der Waals surface area contributed by atoms with Crippen LogP contribution in [0.1, 0.15) is 50.7 Å². The molecule has 1 atom stereocenters. The highest BCUT2D eigenvalue weighted by atomic mass is 16.4. The zero-order valence-corrected chi connectivity index (χ0v) is 12.7. The quantitative estimate of drug-likeness (QED) is 0.910. The number of fused-ring (bicyclic) bond motifs is 1. The zero-order valence-electron chi connectivity index (χ0n) is 12.7. The van der Waals surface area contributed by atoms with Crippen molar-refractivity contribution in [3.05, 3.63) is 65.0 Å². The Morgan fingerprint density at radius 3 is 2.91 bits per heavy atom. The van der Waals surface area contributed by atoms with Crippen LogP contribution in [0.3, 0.4) is 0 Å². The standard InChI is InChI=1S/C18H18N2O3/c21-17(16-10-13(18(22)23)8-9-19-16)20-11-14-6-3-5-12-4-1-2-7-15(12)14/h1-2,4,7-10,14H,3,5-6,11H2,(H,20,21)(H,22,23). The van der Waals surface area contributed by atoms with E-state index >= 15 is 0 Å². The van der Waals surface area contributed by atoms with Gasteiger partial charge in [-0.2, -0.15) is 0 Å². The third-order valence-electron chi connectivity index (χ3n) is 4.24. The number of hydrogen-bond acceptors (Lipinski definition) is 3. The Balaban J connectivity index is 1.68. The van der Waals surface area contributed by atoms with Crippen LogP contribution in [0.25, 0.3) is 0 Å². The second-order valence-corrected chi connectivity index (χ2v) is 5.73. The number of carboxylic acid groups (broad SMARTS) is 1. The van der Waals surface area contributed by atoms with E-state index in [-0.39, 0.29) is 17.2 Å². The second-order valence-electron chi connectivity index (χ2n) is 5.73. The van der Waals surface area contributed by atoms with Crippen molar-refractivity contribution in [3.63, 3.8) is 0 Å². The van der Waals surface area contributed by atoms with Gasteiger partial charge in [-0.1, -0.05) is 24.3 Å². The number of aryl methyl sites for hydroxylation is 1. The summed E-state index contributed by atoms with van der Waals surface area (Å²) in [5, 5.41) is 11.9. The molecular weight excluding hydrogens is 292 g/mol. The number of hydrogen-bond donors (Lipinski definition) is 2. The number of aromatic carboxylic acids is 1. The van der Waals surface area contributed by atoms with Gasteiger partial charge in [0.25, 0.3) is 5.91 Å². The predicted octanol–water partition coefficient (Wildman–Crippen LogP) is 2.63. The molecule has 1 unspecified atom stereocenters. The van der Waals surface area contributed by atoms with E-state index in [0.29, 0.717) is 12.5 Å². The van der Waals surface area contributed by atoms with E-state index in [4.69, 9.17) is 5.11 Å². The summed E-state index contributed by atoms with van der Waals surface area (Å²) in [4.78, 5) is 27.1. The fourth-order valence-corrected chi connectivity index (χ4v) is 3.06. The van der Waals surface area contributed by atoms with Crippen molar-refractivity contribution in [2.75, 3.05) is 6.54 Å². The van der Waals surface area contributed by atoms with Crippen molar-refractivity contribution < 1.29 is 14.7 Å². The van der Waals surface area contributed by atoms with Crippen LogP contribution >= 0.6 is 0 Å². The topological polar surface area (TPSA) is 79.3 Å². The van der Waals surface area contributed by atoms with Crippen LogP contribution in [-0.4, -0.2) is 28.5 Å². The number of carbonyl (C=O) groups excluding carboxylic acids is 1. The first kappa shape index (κ1) is 15.2. The molecule has 0 aliphatic heterocycles. The average Bonchev–Trinajstić information content (AvgIpc) is 2.59. The van der Waals surface area contributed by atoms with Gasteiger partial charge in [-0.25, -0.2) is 4.79 Å². The van der Waals surface area contributed by atoms with Crippen LogP contribution in [0.2, 0.25) is 0 Å². The lowest BCUT2D eigenvalue weighted by molar-refractivity contribution is 0.0696. The maximum absolute atomic E-state index is 12.2. The van der Waals surface area contributed by atoms with Crippen molar-refractivity contribution in [3.8, 4) is 0 Å². The lowest BCUT2D eigenvalue weighted by Gasteiger charge is -2.25. The fraction of sp³-hybridized carbons (Fsp3) is 0.278. The highest BCUT2D eigenvalue weighted by Crippen LogP contribution is 2.30. The van der Waals surface area contributed by atoms with Crippen molar-refractivity contribution in [1.82, 2.24) is 10.3 Å². The molecule has 2 aromatic rings. The molecule has 5 nitrogen and oxygen atoms in total. The van der Waals surface area contributed by atoms with Gasteiger partial charge in [-0.05, 0) is 42.5 Å². The molecule has 1 aliphatic carbocycles. The zero-order chi connectivity index (χ0) is 16.2. The maximum atomic E-state index is 12.2. The Hall–Kier alpha value is -2.69. The summed E-state index contributed by atoms with van der Waals surface area (Å²) in [6.45, 7) is 0.537. The summed E-state index contributed by atoms with van der Waals surface area (Å²) in [5.74, 6) is -1.11. The molecule has 0 saturated heterocycles. The molecule has 118 valence electrons. The number of aromatic nitrogens is 1. The number of nitrogens with zero attached hydrogens (tertiary/aromatic N) is 1. The van der Waals surface area contributed by atoms with Crippen LogP contribution in [0, 0.1) is 0 Å². The number of amides is 1. The number of carbonyl (C=O) groups is 2. The number of pyridine rings is 1. The van der Waals surface area contributed by atoms with E-state index in [0.717, 1.165) is 19.3 Å². The summed E-state index contributed by atoms with van der Waals surface area (Å²) in [7, 11) is 0. The van der Waals surface area contributed by atoms with E-state index < -0.39 is 5.97 Å². The van der Waals surface area contributed by atoms with Gasteiger partial charge in [-0.3, -0.25) is 9.78 Å². The summed E-state index contributed by atoms with van der Waals surface area (Å²) in [6, 6.07) is 11.0. The maximum Gasteiger partial charge on any atom is 0.335 e. The molecule has 1 aliphatic rings. The van der Waals surface area contributed by atoms with Crippen LogP contribution in [-0.2, 0) is 6.42 Å². The van der Waals surface area contributed by atoms with E-state index in [1.54, 1.807) is 0 Å². The summed E-state index contributed by atoms with van der Waals surface area (Å²) in [6.07, 6.45) is 4.58. The van der Waals surface area contributed by atoms with Gasteiger partial charge in [-0.15, -0.1) is 0 Å². The summed E-state index contributed by atoms with van der Waals surface area (Å²) >= 11 is 0. The largest absolute Gasteiger partial charge is 0.478 e. The molecule has 1 amide bonds. The first-order valence-corrected chi connectivity index (χ1v) is 7.70. The number of rotatable bonds is 4. The van der Waals surface area contributed by atoms with Gasteiger partial charge in [0.2, 0.25) is 0 Å². The Morgan fingerprint density at radius 2 is 2.09 bits per heavy atom. The Morgan fingerprint density at radius 1 is 1.26 bits per heavy atom. The van der Waals surface area contributed by atoms with Crippen LogP contribution in [0.4, 0.5) is 0 Å². The molecule has 0 saturated carbocycles. The summed E-state index contributed by atoms with van der Waals surface area (Å²) < 4.78 is 0. The van der Waals surface area contributed by atoms with Gasteiger partial charge in [0.1, 0.15) is 5.69 Å². The number of nitrogens with one attached hydrogen (secondary N) is 1. The minimum Gasteiger partial charge on any atom is -0.478 e. The monoisotopic (exact) mass is 310 g/mol. The number of benzene rings is 1. The van der Waals surface area contributed by atoms with Gasteiger partial charge in [0.05, 0.1) is 5.56 Å². The first-order valence-electron chi connectivity index (χ1n) is 7.70. The first-order chi connectivity index (χ1) is 11.1. The second kappa shape index (κ2) is 6.60. The predicted molar refractivity (Wildman–Crippen MR) is 85.7 cm³/mol. The highest BCUT2D eigenvalue weighted by Gasteiger charge is 2.20. The molecule has 5 heteroatoms. The molecule has 1 aromatic carbocycles. The molecule has 2 N–H and O–H groups in total. The number of carboxylic acids is 1. The van der Waals surface area contributed by atoms with E-state index in [2.05, 4.69) is 22.4 Å². The van der Waals surface area contributed by atoms with E-state index in [9.17, 15) is 9.59 Å². The Labute approximate surface area is 134 Å². The summed E-state index contributed by atoms with van der Waals surface area (Å²) in [5.41, 5.74) is 2.84. The van der Waals surface area contributed by atoms with Gasteiger partial charge < -0.3 is 10.4 Å². The molecule has 3 rings (SSSR count). The molecule has 0 fully saturated rings. The van der Waals surface area contributed by atoms with Gasteiger partial charge >= 0.3 is 5.97 Å². The molecule has 23 heavy (non-hydrogen) atoms. The van der Waals surface area contributed by atoms with Crippen LogP contribution in [0.15, 0.2) is 42.6 Å². The Bertz CT molecular complexity index is 743. The molecular formula is C18H18N2O3. The minimum atomic E-state index is -1.07. The van der Waals surface area contributed by atoms with Crippen molar-refractivity contribution in [2.45, 2.75) is 25.2 Å².